The fourth-order valence-corrected chi connectivity index (χ4v) is 8.31. The van der Waals surface area contributed by atoms with Gasteiger partial charge in [0.2, 0.25) is 10.9 Å². The van der Waals surface area contributed by atoms with Crippen molar-refractivity contribution < 1.29 is 26.6 Å². The molecule has 3 aliphatic rings. The number of ketones is 1. The van der Waals surface area contributed by atoms with Gasteiger partial charge in [0.05, 0.1) is 0 Å². The van der Waals surface area contributed by atoms with Gasteiger partial charge in [-0.25, -0.2) is 9.37 Å². The molecule has 2 fully saturated rings. The Morgan fingerprint density at radius 1 is 1.32 bits per heavy atom. The molecule has 0 aliphatic heterocycles. The van der Waals surface area contributed by atoms with Crippen molar-refractivity contribution in [3.8, 4) is 5.75 Å². The number of amides is 1. The molecule has 10 heteroatoms. The summed E-state index contributed by atoms with van der Waals surface area (Å²) < 4.78 is 43.6. The van der Waals surface area contributed by atoms with Crippen molar-refractivity contribution in [3.63, 3.8) is 0 Å². The van der Waals surface area contributed by atoms with Gasteiger partial charge < -0.3 is 9.50 Å². The van der Waals surface area contributed by atoms with Gasteiger partial charge in [-0.05, 0) is 99.8 Å². The van der Waals surface area contributed by atoms with Gasteiger partial charge in [-0.15, -0.1) is 11.3 Å². The number of benzene rings is 1. The number of hydrogen-bond acceptors (Lipinski definition) is 7. The van der Waals surface area contributed by atoms with Crippen molar-refractivity contribution in [2.75, 3.05) is 5.32 Å². The zero-order valence-corrected chi connectivity index (χ0v) is 23.9. The van der Waals surface area contributed by atoms with E-state index in [-0.39, 0.29) is 34.8 Å². The lowest BCUT2D eigenvalue weighted by Crippen LogP contribution is -2.44. The molecular formula is C28H35FN2O5S2. The number of aryl methyl sites for hydroxylation is 2. The Hall–Kier alpha value is -2.33. The number of hydrogen-bond donors (Lipinski definition) is 1. The molecule has 1 aromatic heterocycles. The van der Waals surface area contributed by atoms with E-state index in [2.05, 4.69) is 17.2 Å². The third kappa shape index (κ3) is 4.90. The van der Waals surface area contributed by atoms with Crippen molar-refractivity contribution in [2.24, 2.45) is 23.2 Å². The van der Waals surface area contributed by atoms with E-state index in [1.54, 1.807) is 18.3 Å². The average Bonchev–Trinajstić information content (AvgIpc) is 3.35. The summed E-state index contributed by atoms with van der Waals surface area (Å²) in [5.74, 6) is 1.33. The van der Waals surface area contributed by atoms with Crippen molar-refractivity contribution in [2.45, 2.75) is 83.6 Å². The van der Waals surface area contributed by atoms with Crippen molar-refractivity contribution in [1.29, 1.82) is 0 Å². The molecule has 5 atom stereocenters. The van der Waals surface area contributed by atoms with E-state index in [1.807, 2.05) is 13.0 Å². The Morgan fingerprint density at radius 2 is 2.08 bits per heavy atom. The lowest BCUT2D eigenvalue weighted by molar-refractivity contribution is -0.129. The van der Waals surface area contributed by atoms with Gasteiger partial charge >= 0.3 is 10.1 Å². The lowest BCUT2D eigenvalue weighted by atomic mass is 9.54. The number of aromatic nitrogens is 1. The topological polar surface area (TPSA) is 102 Å². The summed E-state index contributed by atoms with van der Waals surface area (Å²) in [5.41, 5.74) is 1.83. The summed E-state index contributed by atoms with van der Waals surface area (Å²) in [6.07, 6.45) is 6.61. The lowest BCUT2D eigenvalue weighted by Gasteiger charge is -2.50. The number of nitrogens with zero attached hydrogens (tertiary/aromatic N) is 1. The summed E-state index contributed by atoms with van der Waals surface area (Å²) in [4.78, 5) is 31.1. The number of halogens is 1. The molecule has 0 saturated heterocycles. The van der Waals surface area contributed by atoms with Crippen molar-refractivity contribution in [3.05, 3.63) is 40.4 Å². The first-order valence-electron chi connectivity index (χ1n) is 13.3. The van der Waals surface area contributed by atoms with Crippen molar-refractivity contribution >= 4 is 38.3 Å². The van der Waals surface area contributed by atoms with E-state index < -0.39 is 15.1 Å². The van der Waals surface area contributed by atoms with Gasteiger partial charge in [0.1, 0.15) is 11.5 Å². The highest BCUT2D eigenvalue weighted by Gasteiger charge is 2.58. The number of Topliss-reactive ketones (excluding diaryl/α,β-unsaturated/α-hetero) is 1. The first kappa shape index (κ1) is 27.2. The minimum atomic E-state index is -4.41. The maximum atomic E-state index is 14.1. The molecule has 2 saturated carbocycles. The van der Waals surface area contributed by atoms with E-state index in [9.17, 15) is 22.4 Å². The summed E-state index contributed by atoms with van der Waals surface area (Å²) in [6.45, 7) is 5.99. The Balaban J connectivity index is 1.32. The highest BCUT2D eigenvalue weighted by atomic mass is 32.2. The smallest absolute Gasteiger partial charge is 0.344 e. The third-order valence-electron chi connectivity index (χ3n) is 8.95. The molecule has 2 aromatic rings. The normalized spacial score (nSPS) is 28.8. The second-order valence-corrected chi connectivity index (χ2v) is 15.1. The van der Waals surface area contributed by atoms with E-state index in [0.717, 1.165) is 50.0 Å². The quantitative estimate of drug-likeness (QED) is 0.419. The van der Waals surface area contributed by atoms with Crippen LogP contribution in [-0.2, 0) is 26.1 Å². The first-order valence-corrected chi connectivity index (χ1v) is 15.5. The highest BCUT2D eigenvalue weighted by Crippen LogP contribution is 2.62. The minimum absolute atomic E-state index is 0.0688. The molecule has 1 aromatic carbocycles. The molecular weight excluding hydrogens is 527 g/mol. The van der Waals surface area contributed by atoms with Crippen LogP contribution in [0.5, 0.6) is 5.75 Å². The number of rotatable bonds is 7. The monoisotopic (exact) mass is 562 g/mol. The second-order valence-electron chi connectivity index (χ2n) is 11.8. The summed E-state index contributed by atoms with van der Waals surface area (Å²) in [6, 6.07) is 5.25. The van der Waals surface area contributed by atoms with Crippen LogP contribution in [0.2, 0.25) is 0 Å². The first-order chi connectivity index (χ1) is 17.8. The van der Waals surface area contributed by atoms with Crippen LogP contribution < -0.4 is 9.50 Å². The standard InChI is InChI=1S/C28H35FN2O5S2/c1-16-15-30-26(37-16)31-24(33)10-6-18-14-23(32)28(4)12-11-21-20-9-7-19(36-38(34,35)27(2,3)29)13-17(20)5-8-22(21)25(18)28/h7,9,13,15,18,21-22,25H,5-6,8,10-12,14H2,1-4H3,(H,30,31,33). The molecule has 5 unspecified atom stereocenters. The molecule has 0 bridgehead atoms. The molecule has 38 heavy (non-hydrogen) atoms. The summed E-state index contributed by atoms with van der Waals surface area (Å²) >= 11 is 1.45. The van der Waals surface area contributed by atoms with Crippen LogP contribution in [0.15, 0.2) is 24.4 Å². The van der Waals surface area contributed by atoms with Crippen LogP contribution in [-0.4, -0.2) is 30.1 Å². The number of fused-ring (bicyclic) bond motifs is 5. The average molecular weight is 563 g/mol. The largest absolute Gasteiger partial charge is 0.380 e. The molecule has 206 valence electrons. The molecule has 5 rings (SSSR count). The Morgan fingerprint density at radius 3 is 2.76 bits per heavy atom. The molecule has 0 radical (unpaired) electrons. The number of alkyl halides is 1. The van der Waals surface area contributed by atoms with Gasteiger partial charge in [0.15, 0.2) is 5.13 Å². The zero-order valence-electron chi connectivity index (χ0n) is 22.3. The van der Waals surface area contributed by atoms with E-state index in [1.165, 1.54) is 16.9 Å². The predicted molar refractivity (Wildman–Crippen MR) is 144 cm³/mol. The molecule has 3 aliphatic carbocycles. The fourth-order valence-electron chi connectivity index (χ4n) is 7.07. The molecule has 1 amide bonds. The maximum Gasteiger partial charge on any atom is 0.344 e. The van der Waals surface area contributed by atoms with E-state index in [4.69, 9.17) is 4.18 Å². The van der Waals surface area contributed by atoms with Crippen LogP contribution in [0.4, 0.5) is 9.52 Å². The Kier molecular flexibility index (Phi) is 6.95. The summed E-state index contributed by atoms with van der Waals surface area (Å²) in [7, 11) is -4.41. The van der Waals surface area contributed by atoms with Crippen LogP contribution in [0.1, 0.15) is 81.2 Å². The Bertz CT molecular complexity index is 1370. The van der Waals surface area contributed by atoms with Gasteiger partial charge in [-0.1, -0.05) is 13.0 Å². The molecule has 1 N–H and O–H groups in total. The molecule has 7 nitrogen and oxygen atoms in total. The van der Waals surface area contributed by atoms with Gasteiger partial charge in [-0.2, -0.15) is 8.42 Å². The maximum absolute atomic E-state index is 14.1. The van der Waals surface area contributed by atoms with Crippen molar-refractivity contribution in [1.82, 2.24) is 4.98 Å². The molecule has 1 heterocycles. The van der Waals surface area contributed by atoms with E-state index >= 15 is 0 Å². The number of carbonyl (C=O) groups excluding carboxylic acids is 2. The van der Waals surface area contributed by atoms with Crippen LogP contribution >= 0.6 is 11.3 Å². The SMILES string of the molecule is Cc1cnc(NC(=O)CCC2CC(=O)C3(C)CCC4c5ccc(OS(=O)(=O)C(C)(C)F)cc5CCC4C23)s1. The molecule has 0 spiro atoms. The van der Waals surface area contributed by atoms with Gasteiger partial charge in [0.25, 0.3) is 0 Å². The fraction of sp³-hybridized carbons (Fsp3) is 0.607. The predicted octanol–water partition coefficient (Wildman–Crippen LogP) is 5.94. The van der Waals surface area contributed by atoms with Gasteiger partial charge in [0, 0.05) is 29.3 Å². The number of thiazole rings is 1. The zero-order chi connectivity index (χ0) is 27.5. The van der Waals surface area contributed by atoms with Crippen LogP contribution in [0.25, 0.3) is 0 Å². The van der Waals surface area contributed by atoms with Gasteiger partial charge in [-0.3, -0.25) is 9.59 Å². The number of carbonyl (C=O) groups is 2. The van der Waals surface area contributed by atoms with E-state index in [0.29, 0.717) is 36.1 Å². The number of anilines is 1. The highest BCUT2D eigenvalue weighted by molar-refractivity contribution is 7.88. The third-order valence-corrected chi connectivity index (χ3v) is 11.4. The summed E-state index contributed by atoms with van der Waals surface area (Å²) in [5, 5.41) is 0.991. The second kappa shape index (κ2) is 9.70. The van der Waals surface area contributed by atoms with Crippen LogP contribution in [0, 0.1) is 30.1 Å². The Labute approximate surface area is 227 Å². The minimum Gasteiger partial charge on any atom is -0.380 e. The van der Waals surface area contributed by atoms with Crippen LogP contribution in [0.3, 0.4) is 0 Å². The number of nitrogens with one attached hydrogen (secondary N) is 1.